The Morgan fingerprint density at radius 3 is 2.58 bits per heavy atom. The van der Waals surface area contributed by atoms with Gasteiger partial charge in [-0.1, -0.05) is 20.8 Å². The van der Waals surface area contributed by atoms with Crippen LogP contribution in [0, 0.1) is 5.92 Å². The molecule has 1 rings (SSSR count). The fourth-order valence-electron chi connectivity index (χ4n) is 2.03. The van der Waals surface area contributed by atoms with Gasteiger partial charge in [0.1, 0.15) is 0 Å². The van der Waals surface area contributed by atoms with Crippen LogP contribution in [0.25, 0.3) is 0 Å². The van der Waals surface area contributed by atoms with Gasteiger partial charge in [0.15, 0.2) is 0 Å². The number of nitrogens with zero attached hydrogens (tertiary/aromatic N) is 1. The van der Waals surface area contributed by atoms with E-state index in [1.54, 1.807) is 0 Å². The third-order valence-corrected chi connectivity index (χ3v) is 2.66. The van der Waals surface area contributed by atoms with Crippen LogP contribution in [0.1, 0.15) is 27.2 Å². The monoisotopic (exact) mass is 170 g/mol. The maximum atomic E-state index is 3.63. The molecule has 2 heteroatoms. The van der Waals surface area contributed by atoms with Gasteiger partial charge in [0.2, 0.25) is 0 Å². The molecular weight excluding hydrogens is 148 g/mol. The third-order valence-electron chi connectivity index (χ3n) is 2.66. The molecule has 1 N–H and O–H groups in total. The zero-order chi connectivity index (χ0) is 9.14. The van der Waals surface area contributed by atoms with Crippen molar-refractivity contribution in [2.24, 2.45) is 5.92 Å². The number of rotatable bonds is 2. The van der Waals surface area contributed by atoms with Crippen molar-refractivity contribution in [1.29, 1.82) is 0 Å². The summed E-state index contributed by atoms with van der Waals surface area (Å²) in [6, 6.07) is 1.36. The van der Waals surface area contributed by atoms with Crippen molar-refractivity contribution in [3.8, 4) is 0 Å². The average Bonchev–Trinajstić information content (AvgIpc) is 1.94. The van der Waals surface area contributed by atoms with E-state index in [0.717, 1.165) is 12.0 Å². The molecule has 0 aromatic rings. The summed E-state index contributed by atoms with van der Waals surface area (Å²) >= 11 is 0. The van der Waals surface area contributed by atoms with E-state index in [9.17, 15) is 0 Å². The Morgan fingerprint density at radius 1 is 1.42 bits per heavy atom. The molecule has 1 aliphatic rings. The van der Waals surface area contributed by atoms with Gasteiger partial charge in [-0.3, -0.25) is 0 Å². The van der Waals surface area contributed by atoms with Crippen molar-refractivity contribution in [2.45, 2.75) is 39.3 Å². The van der Waals surface area contributed by atoms with E-state index in [1.807, 2.05) is 0 Å². The van der Waals surface area contributed by atoms with Crippen molar-refractivity contribution >= 4 is 0 Å². The van der Waals surface area contributed by atoms with Gasteiger partial charge < -0.3 is 10.2 Å². The minimum absolute atomic E-state index is 0.626. The number of likely N-dealkylation sites (tertiary alicyclic amines) is 1. The first-order chi connectivity index (χ1) is 5.59. The topological polar surface area (TPSA) is 15.3 Å². The molecule has 0 radical (unpaired) electrons. The lowest BCUT2D eigenvalue weighted by Crippen LogP contribution is -2.48. The predicted octanol–water partition coefficient (Wildman–Crippen LogP) is 1.32. The summed E-state index contributed by atoms with van der Waals surface area (Å²) in [5.74, 6) is 0.797. The van der Waals surface area contributed by atoms with Crippen molar-refractivity contribution in [1.82, 2.24) is 10.2 Å². The Hall–Kier alpha value is -0.0800. The average molecular weight is 170 g/mol. The van der Waals surface area contributed by atoms with E-state index in [4.69, 9.17) is 0 Å². The van der Waals surface area contributed by atoms with E-state index in [2.05, 4.69) is 38.0 Å². The smallest absolute Gasteiger partial charge is 0.0119 e. The second kappa shape index (κ2) is 4.24. The highest BCUT2D eigenvalue weighted by molar-refractivity contribution is 4.82. The summed E-state index contributed by atoms with van der Waals surface area (Å²) in [7, 11) is 2.21. The molecule has 1 fully saturated rings. The first kappa shape index (κ1) is 10.0. The molecule has 0 spiro atoms. The third kappa shape index (κ3) is 2.76. The van der Waals surface area contributed by atoms with Gasteiger partial charge in [0, 0.05) is 18.6 Å². The Labute approximate surface area is 76.3 Å². The first-order valence-corrected chi connectivity index (χ1v) is 5.04. The van der Waals surface area contributed by atoms with E-state index in [1.165, 1.54) is 19.5 Å². The van der Waals surface area contributed by atoms with Crippen LogP contribution in [0.15, 0.2) is 0 Å². The summed E-state index contributed by atoms with van der Waals surface area (Å²) in [6.07, 6.45) is 1.30. The van der Waals surface area contributed by atoms with Gasteiger partial charge in [0.25, 0.3) is 0 Å². The minimum Gasteiger partial charge on any atom is -0.311 e. The van der Waals surface area contributed by atoms with E-state index >= 15 is 0 Å². The number of hydrogen-bond acceptors (Lipinski definition) is 2. The van der Waals surface area contributed by atoms with E-state index in [0.29, 0.717) is 6.04 Å². The van der Waals surface area contributed by atoms with Crippen molar-refractivity contribution in [2.75, 3.05) is 20.1 Å². The van der Waals surface area contributed by atoms with Gasteiger partial charge in [0.05, 0.1) is 0 Å². The second-order valence-electron chi connectivity index (χ2n) is 4.46. The van der Waals surface area contributed by atoms with Gasteiger partial charge >= 0.3 is 0 Å². The molecule has 0 amide bonds. The standard InChI is InChI=1S/C10H22N2/c1-8(2)11-10-5-6-12(4)7-9(10)3/h8-11H,5-7H2,1-4H3/t9-,10+/m1/s1. The first-order valence-electron chi connectivity index (χ1n) is 5.04. The summed E-state index contributed by atoms with van der Waals surface area (Å²) in [6.45, 7) is 9.28. The Bertz CT molecular complexity index is 134. The number of hydrogen-bond donors (Lipinski definition) is 1. The van der Waals surface area contributed by atoms with Crippen LogP contribution < -0.4 is 5.32 Å². The zero-order valence-corrected chi connectivity index (χ0v) is 8.80. The molecule has 72 valence electrons. The summed E-state index contributed by atoms with van der Waals surface area (Å²) in [4.78, 5) is 2.42. The highest BCUT2D eigenvalue weighted by Gasteiger charge is 2.23. The molecule has 1 heterocycles. The van der Waals surface area contributed by atoms with Crippen molar-refractivity contribution in [3.63, 3.8) is 0 Å². The summed E-state index contributed by atoms with van der Waals surface area (Å²) in [5, 5.41) is 3.63. The highest BCUT2D eigenvalue weighted by atomic mass is 15.1. The summed E-state index contributed by atoms with van der Waals surface area (Å²) < 4.78 is 0. The van der Waals surface area contributed by atoms with Crippen LogP contribution in [-0.2, 0) is 0 Å². The Balaban J connectivity index is 2.34. The largest absolute Gasteiger partial charge is 0.311 e. The number of nitrogens with one attached hydrogen (secondary N) is 1. The zero-order valence-electron chi connectivity index (χ0n) is 8.80. The fraction of sp³-hybridized carbons (Fsp3) is 1.00. The minimum atomic E-state index is 0.626. The molecule has 0 bridgehead atoms. The highest BCUT2D eigenvalue weighted by Crippen LogP contribution is 2.15. The quantitative estimate of drug-likeness (QED) is 0.672. The van der Waals surface area contributed by atoms with Crippen LogP contribution in [0.4, 0.5) is 0 Å². The lowest BCUT2D eigenvalue weighted by molar-refractivity contribution is 0.169. The lowest BCUT2D eigenvalue weighted by Gasteiger charge is -2.36. The van der Waals surface area contributed by atoms with Crippen molar-refractivity contribution in [3.05, 3.63) is 0 Å². The van der Waals surface area contributed by atoms with Crippen LogP contribution in [0.2, 0.25) is 0 Å². The molecule has 0 aliphatic carbocycles. The van der Waals surface area contributed by atoms with E-state index in [-0.39, 0.29) is 0 Å². The van der Waals surface area contributed by atoms with Gasteiger partial charge in [-0.05, 0) is 25.9 Å². The van der Waals surface area contributed by atoms with Gasteiger partial charge in [-0.25, -0.2) is 0 Å². The fourth-order valence-corrected chi connectivity index (χ4v) is 2.03. The second-order valence-corrected chi connectivity index (χ2v) is 4.46. The predicted molar refractivity (Wildman–Crippen MR) is 53.3 cm³/mol. The Kier molecular flexibility index (Phi) is 3.53. The van der Waals surface area contributed by atoms with Crippen LogP contribution >= 0.6 is 0 Å². The molecule has 0 saturated carbocycles. The molecule has 2 nitrogen and oxygen atoms in total. The van der Waals surface area contributed by atoms with Gasteiger partial charge in [-0.2, -0.15) is 0 Å². The Morgan fingerprint density at radius 2 is 2.08 bits per heavy atom. The van der Waals surface area contributed by atoms with Crippen molar-refractivity contribution < 1.29 is 0 Å². The molecule has 0 unspecified atom stereocenters. The SMILES string of the molecule is CC(C)N[C@H]1CCN(C)C[C@H]1C. The molecule has 2 atom stereocenters. The molecule has 0 aromatic carbocycles. The van der Waals surface area contributed by atoms with Crippen LogP contribution in [0.5, 0.6) is 0 Å². The summed E-state index contributed by atoms with van der Waals surface area (Å²) in [5.41, 5.74) is 0. The van der Waals surface area contributed by atoms with E-state index < -0.39 is 0 Å². The molecule has 12 heavy (non-hydrogen) atoms. The number of piperidine rings is 1. The van der Waals surface area contributed by atoms with Crippen LogP contribution in [0.3, 0.4) is 0 Å². The van der Waals surface area contributed by atoms with Crippen LogP contribution in [-0.4, -0.2) is 37.1 Å². The molecular formula is C10H22N2. The molecule has 0 aromatic heterocycles. The molecule has 1 saturated heterocycles. The molecule has 1 aliphatic heterocycles. The lowest BCUT2D eigenvalue weighted by atomic mass is 9.94. The maximum Gasteiger partial charge on any atom is 0.0119 e. The maximum absolute atomic E-state index is 3.63. The normalized spacial score (nSPS) is 32.8. The van der Waals surface area contributed by atoms with Gasteiger partial charge in [-0.15, -0.1) is 0 Å².